The van der Waals surface area contributed by atoms with Gasteiger partial charge in [0.1, 0.15) is 11.0 Å². The molecule has 0 N–H and O–H groups in total. The number of aromatic nitrogens is 2. The summed E-state index contributed by atoms with van der Waals surface area (Å²) >= 11 is 12.3. The molecule has 1 aromatic carbocycles. The van der Waals surface area contributed by atoms with Crippen LogP contribution in [-0.4, -0.2) is 15.7 Å². The molecule has 0 bridgehead atoms. The number of hydrogen-bond acceptors (Lipinski definition) is 1. The van der Waals surface area contributed by atoms with E-state index in [1.165, 1.54) is 6.07 Å². The Morgan fingerprint density at radius 1 is 1.35 bits per heavy atom. The first kappa shape index (κ1) is 15.3. The van der Waals surface area contributed by atoms with Crippen molar-refractivity contribution < 1.29 is 4.39 Å². The summed E-state index contributed by atoms with van der Waals surface area (Å²) in [5.41, 5.74) is 2.90. The van der Waals surface area contributed by atoms with E-state index in [-0.39, 0.29) is 11.7 Å². The molecule has 2 aromatic rings. The lowest BCUT2D eigenvalue weighted by Gasteiger charge is -2.14. The third-order valence-electron chi connectivity index (χ3n) is 3.39. The van der Waals surface area contributed by atoms with Crippen molar-refractivity contribution in [2.75, 3.05) is 5.88 Å². The van der Waals surface area contributed by atoms with Gasteiger partial charge in [-0.05, 0) is 43.4 Å². The Morgan fingerprint density at radius 3 is 2.65 bits per heavy atom. The molecule has 0 amide bonds. The van der Waals surface area contributed by atoms with Crippen LogP contribution in [0.15, 0.2) is 24.3 Å². The van der Waals surface area contributed by atoms with E-state index in [9.17, 15) is 4.39 Å². The van der Waals surface area contributed by atoms with Gasteiger partial charge in [0.25, 0.3) is 0 Å². The molecule has 108 valence electrons. The van der Waals surface area contributed by atoms with Gasteiger partial charge in [-0.3, -0.25) is 4.68 Å². The number of hydrogen-bond donors (Lipinski definition) is 0. The highest BCUT2D eigenvalue weighted by Gasteiger charge is 2.17. The van der Waals surface area contributed by atoms with Crippen LogP contribution in [0, 0.1) is 18.7 Å². The van der Waals surface area contributed by atoms with Crippen molar-refractivity contribution in [2.24, 2.45) is 13.0 Å². The summed E-state index contributed by atoms with van der Waals surface area (Å²) in [6, 6.07) is 6.64. The van der Waals surface area contributed by atoms with Crippen LogP contribution in [-0.2, 0) is 19.9 Å². The van der Waals surface area contributed by atoms with Crippen LogP contribution >= 0.6 is 23.2 Å². The van der Waals surface area contributed by atoms with E-state index in [4.69, 9.17) is 23.2 Å². The van der Waals surface area contributed by atoms with Gasteiger partial charge in [0.05, 0.1) is 5.69 Å². The lowest BCUT2D eigenvalue weighted by molar-refractivity contribution is 0.575. The number of alkyl halides is 1. The predicted molar refractivity (Wildman–Crippen MR) is 81.0 cm³/mol. The monoisotopic (exact) mass is 314 g/mol. The maximum atomic E-state index is 13.2. The standard InChI is InChI=1S/C15H17Cl2FN2/c1-10-14(15(17)20(2)19-10)8-12(9-16)6-11-4-3-5-13(18)7-11/h3-5,7,12H,6,8-9H2,1-2H3. The molecule has 0 aliphatic carbocycles. The van der Waals surface area contributed by atoms with Crippen LogP contribution < -0.4 is 0 Å². The first-order chi connectivity index (χ1) is 9.51. The molecule has 0 aliphatic rings. The summed E-state index contributed by atoms with van der Waals surface area (Å²) < 4.78 is 14.9. The Balaban J connectivity index is 2.13. The van der Waals surface area contributed by atoms with Gasteiger partial charge < -0.3 is 0 Å². The van der Waals surface area contributed by atoms with E-state index in [0.29, 0.717) is 11.0 Å². The molecule has 0 spiro atoms. The molecule has 0 aliphatic heterocycles. The SMILES string of the molecule is Cc1nn(C)c(Cl)c1CC(CCl)Cc1cccc(F)c1. The molecule has 0 fully saturated rings. The van der Waals surface area contributed by atoms with E-state index in [2.05, 4.69) is 5.10 Å². The van der Waals surface area contributed by atoms with Crippen molar-refractivity contribution in [3.8, 4) is 0 Å². The Kier molecular flexibility index (Phi) is 5.06. The molecule has 1 heterocycles. The number of aryl methyl sites for hydroxylation is 2. The lowest BCUT2D eigenvalue weighted by Crippen LogP contribution is -2.11. The van der Waals surface area contributed by atoms with E-state index in [1.54, 1.807) is 16.8 Å². The zero-order valence-electron chi connectivity index (χ0n) is 11.5. The van der Waals surface area contributed by atoms with Crippen LogP contribution in [0.25, 0.3) is 0 Å². The number of benzene rings is 1. The van der Waals surface area contributed by atoms with Crippen LogP contribution in [0.5, 0.6) is 0 Å². The van der Waals surface area contributed by atoms with Gasteiger partial charge in [-0.25, -0.2) is 4.39 Å². The highest BCUT2D eigenvalue weighted by molar-refractivity contribution is 6.30. The van der Waals surface area contributed by atoms with Gasteiger partial charge in [-0.1, -0.05) is 23.7 Å². The van der Waals surface area contributed by atoms with Crippen LogP contribution in [0.3, 0.4) is 0 Å². The summed E-state index contributed by atoms with van der Waals surface area (Å²) in [6.45, 7) is 1.94. The zero-order valence-corrected chi connectivity index (χ0v) is 13.0. The van der Waals surface area contributed by atoms with Gasteiger partial charge in [0, 0.05) is 18.5 Å². The van der Waals surface area contributed by atoms with E-state index < -0.39 is 0 Å². The second-order valence-electron chi connectivity index (χ2n) is 5.04. The zero-order chi connectivity index (χ0) is 14.7. The second kappa shape index (κ2) is 6.59. The minimum Gasteiger partial charge on any atom is -0.257 e. The second-order valence-corrected chi connectivity index (χ2v) is 5.70. The summed E-state index contributed by atoms with van der Waals surface area (Å²) in [7, 11) is 1.82. The molecule has 0 saturated carbocycles. The molecular formula is C15H17Cl2FN2. The topological polar surface area (TPSA) is 17.8 Å². The number of nitrogens with zero attached hydrogens (tertiary/aromatic N) is 2. The molecule has 2 rings (SSSR count). The minimum absolute atomic E-state index is 0.207. The largest absolute Gasteiger partial charge is 0.257 e. The third-order valence-corrected chi connectivity index (χ3v) is 4.30. The van der Waals surface area contributed by atoms with Gasteiger partial charge in [0.2, 0.25) is 0 Å². The minimum atomic E-state index is -0.216. The Bertz CT molecular complexity index is 596. The van der Waals surface area contributed by atoms with Crippen molar-refractivity contribution in [1.29, 1.82) is 0 Å². The van der Waals surface area contributed by atoms with Gasteiger partial charge in [-0.2, -0.15) is 5.10 Å². The quantitative estimate of drug-likeness (QED) is 0.758. The molecule has 1 atom stereocenters. The van der Waals surface area contributed by atoms with E-state index in [1.807, 2.05) is 20.0 Å². The van der Waals surface area contributed by atoms with Crippen molar-refractivity contribution in [3.05, 3.63) is 52.1 Å². The normalized spacial score (nSPS) is 12.7. The highest BCUT2D eigenvalue weighted by Crippen LogP contribution is 2.24. The fraction of sp³-hybridized carbons (Fsp3) is 0.400. The molecule has 0 saturated heterocycles. The van der Waals surface area contributed by atoms with Gasteiger partial charge >= 0.3 is 0 Å². The third kappa shape index (κ3) is 3.53. The summed E-state index contributed by atoms with van der Waals surface area (Å²) in [5.74, 6) is 0.492. The van der Waals surface area contributed by atoms with Crippen molar-refractivity contribution in [2.45, 2.75) is 19.8 Å². The predicted octanol–water partition coefficient (Wildman–Crippen LogP) is 4.16. The average Bonchev–Trinajstić information content (AvgIpc) is 2.64. The maximum absolute atomic E-state index is 13.2. The van der Waals surface area contributed by atoms with Crippen LogP contribution in [0.4, 0.5) is 4.39 Å². The molecule has 2 nitrogen and oxygen atoms in total. The molecule has 20 heavy (non-hydrogen) atoms. The molecular weight excluding hydrogens is 298 g/mol. The number of halogens is 3. The van der Waals surface area contributed by atoms with Gasteiger partial charge in [0.15, 0.2) is 0 Å². The summed E-state index contributed by atoms with van der Waals surface area (Å²) in [4.78, 5) is 0. The first-order valence-corrected chi connectivity index (χ1v) is 7.41. The van der Waals surface area contributed by atoms with E-state index in [0.717, 1.165) is 29.7 Å². The van der Waals surface area contributed by atoms with Crippen molar-refractivity contribution >= 4 is 23.2 Å². The lowest BCUT2D eigenvalue weighted by atomic mass is 9.94. The Hall–Kier alpha value is -1.06. The Morgan fingerprint density at radius 2 is 2.10 bits per heavy atom. The molecule has 5 heteroatoms. The average molecular weight is 315 g/mol. The van der Waals surface area contributed by atoms with Crippen LogP contribution in [0.1, 0.15) is 16.8 Å². The Labute approximate surface area is 128 Å². The van der Waals surface area contributed by atoms with E-state index >= 15 is 0 Å². The molecule has 1 aromatic heterocycles. The molecule has 1 unspecified atom stereocenters. The first-order valence-electron chi connectivity index (χ1n) is 6.49. The highest BCUT2D eigenvalue weighted by atomic mass is 35.5. The number of rotatable bonds is 5. The fourth-order valence-electron chi connectivity index (χ4n) is 2.37. The maximum Gasteiger partial charge on any atom is 0.130 e. The smallest absolute Gasteiger partial charge is 0.130 e. The summed E-state index contributed by atoms with van der Waals surface area (Å²) in [6.07, 6.45) is 1.48. The van der Waals surface area contributed by atoms with Gasteiger partial charge in [-0.15, -0.1) is 11.6 Å². The van der Waals surface area contributed by atoms with Crippen molar-refractivity contribution in [3.63, 3.8) is 0 Å². The summed E-state index contributed by atoms with van der Waals surface area (Å²) in [5, 5.41) is 4.95. The fourth-order valence-corrected chi connectivity index (χ4v) is 2.84. The molecule has 0 radical (unpaired) electrons. The van der Waals surface area contributed by atoms with Crippen molar-refractivity contribution in [1.82, 2.24) is 9.78 Å². The van der Waals surface area contributed by atoms with Crippen LogP contribution in [0.2, 0.25) is 5.15 Å².